The number of nitrogens with one attached hydrogen (secondary N) is 1. The summed E-state index contributed by atoms with van der Waals surface area (Å²) in [6.07, 6.45) is 7.62. The van der Waals surface area contributed by atoms with Gasteiger partial charge in [-0.05, 0) is 64.2 Å². The van der Waals surface area contributed by atoms with Crippen molar-refractivity contribution in [1.29, 1.82) is 0 Å². The molecule has 2 unspecified atom stereocenters. The van der Waals surface area contributed by atoms with Gasteiger partial charge >= 0.3 is 0 Å². The Bertz CT molecular complexity index is 720. The topological polar surface area (TPSA) is 86.8 Å². The first-order chi connectivity index (χ1) is 13.3. The zero-order valence-corrected chi connectivity index (χ0v) is 17.8. The van der Waals surface area contributed by atoms with Gasteiger partial charge in [-0.15, -0.1) is 0 Å². The second-order valence-electron chi connectivity index (χ2n) is 9.16. The molecule has 1 N–H and O–H groups in total. The number of carbonyl (C=O) groups is 2. The predicted octanol–water partition coefficient (Wildman–Crippen LogP) is 1.34. The van der Waals surface area contributed by atoms with Crippen LogP contribution in [0.25, 0.3) is 0 Å². The molecule has 2 bridgehead atoms. The molecule has 0 radical (unpaired) electrons. The Morgan fingerprint density at radius 3 is 2.29 bits per heavy atom. The normalized spacial score (nSPS) is 35.9. The maximum Gasteiger partial charge on any atom is 0.240 e. The minimum absolute atomic E-state index is 0.0281. The summed E-state index contributed by atoms with van der Waals surface area (Å²) < 4.78 is 26.1. The lowest BCUT2D eigenvalue weighted by Gasteiger charge is -2.36. The van der Waals surface area contributed by atoms with Crippen LogP contribution in [-0.2, 0) is 19.6 Å². The van der Waals surface area contributed by atoms with Crippen LogP contribution in [0.5, 0.6) is 0 Å². The summed E-state index contributed by atoms with van der Waals surface area (Å²) in [5.74, 6) is 0.736. The van der Waals surface area contributed by atoms with Crippen molar-refractivity contribution in [3.63, 3.8) is 0 Å². The van der Waals surface area contributed by atoms with Gasteiger partial charge in [0.15, 0.2) is 0 Å². The third kappa shape index (κ3) is 3.58. The lowest BCUT2D eigenvalue weighted by atomic mass is 9.73. The molecule has 2 amide bonds. The minimum Gasteiger partial charge on any atom is -0.341 e. The Balaban J connectivity index is 1.43. The predicted molar refractivity (Wildman–Crippen MR) is 106 cm³/mol. The molecule has 8 heteroatoms. The summed E-state index contributed by atoms with van der Waals surface area (Å²) in [4.78, 5) is 30.2. The number of sulfonamides is 1. The highest BCUT2D eigenvalue weighted by Gasteiger charge is 2.50. The molecule has 0 aromatic carbocycles. The lowest BCUT2D eigenvalue weighted by molar-refractivity contribution is -0.140. The highest BCUT2D eigenvalue weighted by molar-refractivity contribution is 7.89. The van der Waals surface area contributed by atoms with Crippen molar-refractivity contribution >= 4 is 21.8 Å². The van der Waals surface area contributed by atoms with Crippen LogP contribution in [-0.4, -0.2) is 67.0 Å². The molecule has 4 atom stereocenters. The van der Waals surface area contributed by atoms with Crippen LogP contribution in [0.3, 0.4) is 0 Å². The van der Waals surface area contributed by atoms with Crippen LogP contribution in [0, 0.1) is 17.8 Å². The van der Waals surface area contributed by atoms with E-state index in [2.05, 4.69) is 9.62 Å². The van der Waals surface area contributed by atoms with Crippen molar-refractivity contribution in [3.8, 4) is 0 Å². The van der Waals surface area contributed by atoms with Gasteiger partial charge in [0.2, 0.25) is 21.8 Å². The van der Waals surface area contributed by atoms with Crippen molar-refractivity contribution in [2.24, 2.45) is 17.8 Å². The molecule has 3 heterocycles. The third-order valence-electron chi connectivity index (χ3n) is 7.54. The molecule has 158 valence electrons. The van der Waals surface area contributed by atoms with Crippen molar-refractivity contribution in [2.45, 2.75) is 76.9 Å². The number of nitrogens with zero attached hydrogens (tertiary/aromatic N) is 2. The fourth-order valence-corrected chi connectivity index (χ4v) is 6.91. The van der Waals surface area contributed by atoms with Crippen molar-refractivity contribution in [1.82, 2.24) is 14.5 Å². The maximum atomic E-state index is 13.4. The lowest BCUT2D eigenvalue weighted by Crippen LogP contribution is -2.47. The molecule has 1 saturated carbocycles. The first-order valence-electron chi connectivity index (χ1n) is 10.9. The van der Waals surface area contributed by atoms with E-state index >= 15 is 0 Å². The Kier molecular flexibility index (Phi) is 5.46. The Hall–Kier alpha value is -1.15. The zero-order chi connectivity index (χ0) is 20.1. The van der Waals surface area contributed by atoms with Crippen LogP contribution < -0.4 is 4.72 Å². The number of hydrogen-bond acceptors (Lipinski definition) is 4. The van der Waals surface area contributed by atoms with E-state index in [1.807, 2.05) is 0 Å². The van der Waals surface area contributed by atoms with Crippen LogP contribution in [0.1, 0.15) is 58.8 Å². The van der Waals surface area contributed by atoms with Gasteiger partial charge in [-0.3, -0.25) is 9.59 Å². The van der Waals surface area contributed by atoms with Gasteiger partial charge in [-0.25, -0.2) is 13.1 Å². The molecule has 4 aliphatic rings. The quantitative estimate of drug-likeness (QED) is 0.740. The highest BCUT2D eigenvalue weighted by Crippen LogP contribution is 2.45. The summed E-state index contributed by atoms with van der Waals surface area (Å²) in [7, 11) is -3.42. The molecule has 3 saturated heterocycles. The number of carbonyl (C=O) groups excluding carboxylic acids is 2. The molecule has 7 nitrogen and oxygen atoms in total. The number of likely N-dealkylation sites (tertiary alicyclic amines) is 1. The number of amides is 2. The summed E-state index contributed by atoms with van der Waals surface area (Å²) >= 11 is 0. The fraction of sp³-hybridized carbons (Fsp3) is 0.900. The van der Waals surface area contributed by atoms with Gasteiger partial charge in [-0.1, -0.05) is 6.42 Å². The Morgan fingerprint density at radius 1 is 1.04 bits per heavy atom. The highest BCUT2D eigenvalue weighted by atomic mass is 32.2. The van der Waals surface area contributed by atoms with E-state index in [0.29, 0.717) is 37.0 Å². The SMILES string of the molecule is CCS(=O)(=O)NC(C)C(=O)N1C[C@H]2CCCC(C(=O)N3C4CCC3CC4)[C@H]2C1. The molecule has 4 fully saturated rings. The van der Waals surface area contributed by atoms with Gasteiger partial charge in [0.05, 0.1) is 11.8 Å². The largest absolute Gasteiger partial charge is 0.341 e. The molecule has 0 spiro atoms. The van der Waals surface area contributed by atoms with Crippen LogP contribution >= 0.6 is 0 Å². The van der Waals surface area contributed by atoms with Gasteiger partial charge in [0.1, 0.15) is 0 Å². The molecule has 1 aliphatic carbocycles. The van der Waals surface area contributed by atoms with E-state index in [1.54, 1.807) is 18.7 Å². The summed E-state index contributed by atoms with van der Waals surface area (Å²) in [6.45, 7) is 4.41. The smallest absolute Gasteiger partial charge is 0.240 e. The average Bonchev–Trinajstić information content (AvgIpc) is 3.39. The van der Waals surface area contributed by atoms with Crippen molar-refractivity contribution in [3.05, 3.63) is 0 Å². The maximum absolute atomic E-state index is 13.4. The molecule has 0 aromatic heterocycles. The van der Waals surface area contributed by atoms with E-state index in [4.69, 9.17) is 0 Å². The van der Waals surface area contributed by atoms with Crippen LogP contribution in [0.15, 0.2) is 0 Å². The molecule has 3 aliphatic heterocycles. The summed E-state index contributed by atoms with van der Waals surface area (Å²) in [5.41, 5.74) is 0. The minimum atomic E-state index is -3.42. The fourth-order valence-electron chi connectivity index (χ4n) is 6.10. The number of hydrogen-bond donors (Lipinski definition) is 1. The van der Waals surface area contributed by atoms with Gasteiger partial charge in [-0.2, -0.15) is 0 Å². The monoisotopic (exact) mass is 411 g/mol. The molecule has 0 aromatic rings. The molecular formula is C20H33N3O4S. The van der Waals surface area contributed by atoms with Crippen LogP contribution in [0.4, 0.5) is 0 Å². The van der Waals surface area contributed by atoms with Crippen molar-refractivity contribution in [2.75, 3.05) is 18.8 Å². The van der Waals surface area contributed by atoms with Crippen LogP contribution in [0.2, 0.25) is 0 Å². The van der Waals surface area contributed by atoms with Gasteiger partial charge < -0.3 is 9.80 Å². The van der Waals surface area contributed by atoms with Gasteiger partial charge in [0.25, 0.3) is 0 Å². The summed E-state index contributed by atoms with van der Waals surface area (Å²) in [5, 5.41) is 0. The Morgan fingerprint density at radius 2 is 1.68 bits per heavy atom. The van der Waals surface area contributed by atoms with E-state index in [0.717, 1.165) is 44.9 Å². The molecular weight excluding hydrogens is 378 g/mol. The number of rotatable bonds is 5. The second kappa shape index (κ2) is 7.59. The average molecular weight is 412 g/mol. The summed E-state index contributed by atoms with van der Waals surface area (Å²) in [6, 6.07) is 0.134. The first kappa shape index (κ1) is 20.1. The molecule has 4 rings (SSSR count). The van der Waals surface area contributed by atoms with E-state index in [9.17, 15) is 18.0 Å². The van der Waals surface area contributed by atoms with E-state index in [-0.39, 0.29) is 23.5 Å². The van der Waals surface area contributed by atoms with E-state index < -0.39 is 16.1 Å². The standard InChI is InChI=1S/C20H33N3O4S/c1-3-28(26,27)21-13(2)19(24)22-11-14-5-4-6-17(18(14)12-22)20(25)23-15-7-8-16(23)10-9-15/h13-18,21H,3-12H2,1-2H3/t13?,14-,15?,16?,17?,18+/m1/s1. The second-order valence-corrected chi connectivity index (χ2v) is 11.2. The van der Waals surface area contributed by atoms with Crippen molar-refractivity contribution < 1.29 is 18.0 Å². The molecule has 28 heavy (non-hydrogen) atoms. The number of fused-ring (bicyclic) bond motifs is 3. The Labute approximate surface area is 168 Å². The third-order valence-corrected chi connectivity index (χ3v) is 9.01. The first-order valence-corrected chi connectivity index (χ1v) is 12.6. The van der Waals surface area contributed by atoms with E-state index in [1.165, 1.54) is 0 Å². The van der Waals surface area contributed by atoms with Gasteiger partial charge in [0, 0.05) is 31.1 Å². The zero-order valence-electron chi connectivity index (χ0n) is 17.0.